The van der Waals surface area contributed by atoms with E-state index in [0.717, 1.165) is 11.1 Å². The number of esters is 1. The molecule has 0 atom stereocenters. The fourth-order valence-corrected chi connectivity index (χ4v) is 2.05. The Morgan fingerprint density at radius 2 is 1.91 bits per heavy atom. The standard InChI is InChI=1S/C18H14ClNO3/c1-22-17-5-3-2-4-16(17)14(12-20)10-13-6-8-15(9-7-13)23-18(21)11-19/h2-10H,11H2,1H3/b14-10-. The predicted octanol–water partition coefficient (Wildman–Crippen LogP) is 3.90. The molecule has 0 saturated carbocycles. The van der Waals surface area contributed by atoms with E-state index < -0.39 is 5.97 Å². The van der Waals surface area contributed by atoms with Crippen molar-refractivity contribution in [1.29, 1.82) is 5.26 Å². The molecule has 0 amide bonds. The Hall–Kier alpha value is -2.77. The number of alkyl halides is 1. The highest BCUT2D eigenvalue weighted by molar-refractivity contribution is 6.26. The van der Waals surface area contributed by atoms with Crippen LogP contribution in [0.3, 0.4) is 0 Å². The molecule has 0 bridgehead atoms. The average Bonchev–Trinajstić information content (AvgIpc) is 2.61. The van der Waals surface area contributed by atoms with Crippen molar-refractivity contribution >= 4 is 29.2 Å². The number of benzene rings is 2. The van der Waals surface area contributed by atoms with E-state index in [1.54, 1.807) is 43.5 Å². The first-order valence-electron chi connectivity index (χ1n) is 6.80. The quantitative estimate of drug-likeness (QED) is 0.275. The molecule has 0 aliphatic rings. The summed E-state index contributed by atoms with van der Waals surface area (Å²) in [7, 11) is 1.56. The molecular weight excluding hydrogens is 314 g/mol. The van der Waals surface area contributed by atoms with Gasteiger partial charge in [0.25, 0.3) is 0 Å². The number of allylic oxidation sites excluding steroid dienone is 1. The maximum absolute atomic E-state index is 11.1. The van der Waals surface area contributed by atoms with Gasteiger partial charge in [0, 0.05) is 5.56 Å². The predicted molar refractivity (Wildman–Crippen MR) is 89.3 cm³/mol. The maximum Gasteiger partial charge on any atom is 0.326 e. The molecule has 0 aromatic heterocycles. The minimum Gasteiger partial charge on any atom is -0.496 e. The molecule has 2 aromatic carbocycles. The summed E-state index contributed by atoms with van der Waals surface area (Å²) in [6.07, 6.45) is 1.74. The SMILES string of the molecule is COc1ccccc1/C(C#N)=C\c1ccc(OC(=O)CCl)cc1. The molecule has 4 nitrogen and oxygen atoms in total. The Morgan fingerprint density at radius 3 is 2.52 bits per heavy atom. The van der Waals surface area contributed by atoms with Crippen molar-refractivity contribution in [3.8, 4) is 17.6 Å². The monoisotopic (exact) mass is 327 g/mol. The van der Waals surface area contributed by atoms with Gasteiger partial charge in [-0.1, -0.05) is 24.3 Å². The minimum absolute atomic E-state index is 0.200. The van der Waals surface area contributed by atoms with Gasteiger partial charge < -0.3 is 9.47 Å². The number of para-hydroxylation sites is 1. The molecule has 0 spiro atoms. The van der Waals surface area contributed by atoms with Crippen LogP contribution in [0.25, 0.3) is 11.6 Å². The molecule has 2 rings (SSSR count). The Morgan fingerprint density at radius 1 is 1.22 bits per heavy atom. The second-order valence-corrected chi connectivity index (χ2v) is 4.81. The van der Waals surface area contributed by atoms with Crippen LogP contribution in [0.5, 0.6) is 11.5 Å². The molecule has 0 heterocycles. The van der Waals surface area contributed by atoms with Crippen LogP contribution in [0.4, 0.5) is 0 Å². The topological polar surface area (TPSA) is 59.3 Å². The lowest BCUT2D eigenvalue weighted by molar-refractivity contribution is -0.131. The van der Waals surface area contributed by atoms with Crippen molar-refractivity contribution in [2.24, 2.45) is 0 Å². The van der Waals surface area contributed by atoms with Crippen molar-refractivity contribution in [3.05, 3.63) is 59.7 Å². The van der Waals surface area contributed by atoms with E-state index in [0.29, 0.717) is 17.1 Å². The van der Waals surface area contributed by atoms with Crippen molar-refractivity contribution in [2.75, 3.05) is 13.0 Å². The van der Waals surface area contributed by atoms with E-state index in [1.807, 2.05) is 18.2 Å². The fraction of sp³-hybridized carbons (Fsp3) is 0.111. The average molecular weight is 328 g/mol. The second-order valence-electron chi connectivity index (χ2n) is 4.55. The molecule has 0 fully saturated rings. The molecule has 0 saturated heterocycles. The summed E-state index contributed by atoms with van der Waals surface area (Å²) in [5.41, 5.74) is 2.00. The fourth-order valence-electron chi connectivity index (χ4n) is 1.99. The number of carbonyl (C=O) groups is 1. The number of hydrogen-bond donors (Lipinski definition) is 0. The van der Waals surface area contributed by atoms with Gasteiger partial charge in [-0.25, -0.2) is 0 Å². The van der Waals surface area contributed by atoms with Crippen molar-refractivity contribution in [2.45, 2.75) is 0 Å². The molecule has 0 N–H and O–H groups in total. The van der Waals surface area contributed by atoms with Crippen molar-refractivity contribution < 1.29 is 14.3 Å². The summed E-state index contributed by atoms with van der Waals surface area (Å²) >= 11 is 5.39. The van der Waals surface area contributed by atoms with Crippen LogP contribution in [0.1, 0.15) is 11.1 Å². The Labute approximate surface area is 139 Å². The Bertz CT molecular complexity index is 761. The normalized spacial score (nSPS) is 10.7. The third-order valence-electron chi connectivity index (χ3n) is 3.05. The van der Waals surface area contributed by atoms with Crippen LogP contribution in [0.2, 0.25) is 0 Å². The first kappa shape index (κ1) is 16.6. The summed E-state index contributed by atoms with van der Waals surface area (Å²) in [6.45, 7) is 0. The second kappa shape index (κ2) is 8.02. The zero-order valence-electron chi connectivity index (χ0n) is 12.5. The van der Waals surface area contributed by atoms with Crippen LogP contribution in [0.15, 0.2) is 48.5 Å². The molecule has 0 radical (unpaired) electrons. The number of halogens is 1. The van der Waals surface area contributed by atoms with Gasteiger partial charge in [0.1, 0.15) is 17.4 Å². The summed E-state index contributed by atoms with van der Waals surface area (Å²) < 4.78 is 10.3. The van der Waals surface area contributed by atoms with Gasteiger partial charge in [-0.15, -0.1) is 11.6 Å². The van der Waals surface area contributed by atoms with Crippen LogP contribution in [-0.4, -0.2) is 19.0 Å². The number of nitrogens with zero attached hydrogens (tertiary/aromatic N) is 1. The number of ether oxygens (including phenoxy) is 2. The lowest BCUT2D eigenvalue weighted by Gasteiger charge is -2.07. The zero-order chi connectivity index (χ0) is 16.7. The Balaban J connectivity index is 2.28. The molecule has 2 aromatic rings. The number of nitriles is 1. The zero-order valence-corrected chi connectivity index (χ0v) is 13.2. The minimum atomic E-state index is -0.512. The maximum atomic E-state index is 11.1. The van der Waals surface area contributed by atoms with Crippen LogP contribution in [-0.2, 0) is 4.79 Å². The van der Waals surface area contributed by atoms with Crippen molar-refractivity contribution in [1.82, 2.24) is 0 Å². The molecule has 0 unspecified atom stereocenters. The largest absolute Gasteiger partial charge is 0.496 e. The first-order valence-corrected chi connectivity index (χ1v) is 7.33. The van der Waals surface area contributed by atoms with Gasteiger partial charge in [-0.3, -0.25) is 4.79 Å². The van der Waals surface area contributed by atoms with Gasteiger partial charge in [-0.2, -0.15) is 5.26 Å². The van der Waals surface area contributed by atoms with Gasteiger partial charge in [-0.05, 0) is 35.9 Å². The molecule has 5 heteroatoms. The molecule has 0 aliphatic carbocycles. The third kappa shape index (κ3) is 4.35. The molecule has 116 valence electrons. The highest BCUT2D eigenvalue weighted by Crippen LogP contribution is 2.27. The van der Waals surface area contributed by atoms with Crippen LogP contribution in [0, 0.1) is 11.3 Å². The summed E-state index contributed by atoms with van der Waals surface area (Å²) in [5.74, 6) is 0.326. The van der Waals surface area contributed by atoms with E-state index in [9.17, 15) is 10.1 Å². The molecule has 23 heavy (non-hydrogen) atoms. The van der Waals surface area contributed by atoms with E-state index in [-0.39, 0.29) is 5.88 Å². The summed E-state index contributed by atoms with van der Waals surface area (Å²) in [6, 6.07) is 16.3. The highest BCUT2D eigenvalue weighted by Gasteiger charge is 2.08. The van der Waals surface area contributed by atoms with E-state index in [2.05, 4.69) is 6.07 Å². The smallest absolute Gasteiger partial charge is 0.326 e. The number of carbonyl (C=O) groups excluding carboxylic acids is 1. The van der Waals surface area contributed by atoms with Gasteiger partial charge >= 0.3 is 5.97 Å². The van der Waals surface area contributed by atoms with Gasteiger partial charge in [0.15, 0.2) is 0 Å². The van der Waals surface area contributed by atoms with Crippen LogP contribution < -0.4 is 9.47 Å². The Kier molecular flexibility index (Phi) is 5.79. The van der Waals surface area contributed by atoms with E-state index in [4.69, 9.17) is 21.1 Å². The van der Waals surface area contributed by atoms with Gasteiger partial charge in [0.2, 0.25) is 0 Å². The molecule has 0 aliphatic heterocycles. The number of hydrogen-bond acceptors (Lipinski definition) is 4. The first-order chi connectivity index (χ1) is 11.2. The number of rotatable bonds is 5. The highest BCUT2D eigenvalue weighted by atomic mass is 35.5. The van der Waals surface area contributed by atoms with Crippen LogP contribution >= 0.6 is 11.6 Å². The summed E-state index contributed by atoms with van der Waals surface area (Å²) in [4.78, 5) is 11.1. The van der Waals surface area contributed by atoms with Crippen molar-refractivity contribution in [3.63, 3.8) is 0 Å². The lowest BCUT2D eigenvalue weighted by Crippen LogP contribution is -2.08. The van der Waals surface area contributed by atoms with E-state index >= 15 is 0 Å². The van der Waals surface area contributed by atoms with Gasteiger partial charge in [0.05, 0.1) is 18.8 Å². The lowest BCUT2D eigenvalue weighted by atomic mass is 10.0. The molecular formula is C18H14ClNO3. The third-order valence-corrected chi connectivity index (χ3v) is 3.27. The summed E-state index contributed by atoms with van der Waals surface area (Å²) in [5, 5.41) is 9.41. The number of methoxy groups -OCH3 is 1. The van der Waals surface area contributed by atoms with E-state index in [1.165, 1.54) is 0 Å².